The van der Waals surface area contributed by atoms with Gasteiger partial charge in [0.2, 0.25) is 0 Å². The fraction of sp³-hybridized carbons (Fsp3) is 0.0625. The first-order valence-corrected chi connectivity index (χ1v) is 6.46. The van der Waals surface area contributed by atoms with Gasteiger partial charge >= 0.3 is 0 Å². The smallest absolute Gasteiger partial charge is 0.181 e. The molecule has 0 radical (unpaired) electrons. The van der Waals surface area contributed by atoms with Crippen LogP contribution >= 0.6 is 0 Å². The number of nitrogens with two attached hydrogens (primary N) is 1. The third kappa shape index (κ3) is 2.81. The van der Waals surface area contributed by atoms with Gasteiger partial charge in [-0.3, -0.25) is 0 Å². The number of aromatic nitrogens is 3. The van der Waals surface area contributed by atoms with E-state index in [1.54, 1.807) is 13.3 Å². The Kier molecular flexibility index (Phi) is 3.47. The highest BCUT2D eigenvalue weighted by Crippen LogP contribution is 2.21. The standard InChI is InChI=1S/C16H14N4O/c1-21-14-7-5-11(6-8-14)16-18-10-15(19-20-16)12-3-2-4-13(17)9-12/h2-10H,17H2,1H3. The summed E-state index contributed by atoms with van der Waals surface area (Å²) in [6, 6.07) is 15.0. The normalized spacial score (nSPS) is 10.3. The van der Waals surface area contributed by atoms with Crippen LogP contribution in [0.1, 0.15) is 0 Å². The fourth-order valence-corrected chi connectivity index (χ4v) is 1.98. The topological polar surface area (TPSA) is 73.9 Å². The van der Waals surface area contributed by atoms with Crippen LogP contribution in [0.25, 0.3) is 22.6 Å². The Bertz CT molecular complexity index is 739. The Morgan fingerprint density at radius 3 is 2.38 bits per heavy atom. The van der Waals surface area contributed by atoms with Gasteiger partial charge in [0.15, 0.2) is 5.82 Å². The van der Waals surface area contributed by atoms with Gasteiger partial charge in [-0.1, -0.05) is 12.1 Å². The Morgan fingerprint density at radius 1 is 0.952 bits per heavy atom. The number of anilines is 1. The van der Waals surface area contributed by atoms with E-state index in [-0.39, 0.29) is 0 Å². The summed E-state index contributed by atoms with van der Waals surface area (Å²) >= 11 is 0. The number of methoxy groups -OCH3 is 1. The van der Waals surface area contributed by atoms with E-state index in [9.17, 15) is 0 Å². The first-order valence-electron chi connectivity index (χ1n) is 6.46. The van der Waals surface area contributed by atoms with Crippen molar-refractivity contribution in [1.29, 1.82) is 0 Å². The lowest BCUT2D eigenvalue weighted by Crippen LogP contribution is -1.95. The molecule has 0 aliphatic carbocycles. The number of nitrogen functional groups attached to an aromatic ring is 1. The maximum absolute atomic E-state index is 5.76. The molecule has 0 spiro atoms. The van der Waals surface area contributed by atoms with Crippen molar-refractivity contribution < 1.29 is 4.74 Å². The highest BCUT2D eigenvalue weighted by Gasteiger charge is 2.05. The number of nitrogens with zero attached hydrogens (tertiary/aromatic N) is 3. The van der Waals surface area contributed by atoms with E-state index in [1.165, 1.54) is 0 Å². The highest BCUT2D eigenvalue weighted by atomic mass is 16.5. The van der Waals surface area contributed by atoms with Crippen LogP contribution in [0.5, 0.6) is 5.75 Å². The van der Waals surface area contributed by atoms with E-state index in [2.05, 4.69) is 15.2 Å². The van der Waals surface area contributed by atoms with Crippen molar-refractivity contribution in [2.24, 2.45) is 0 Å². The van der Waals surface area contributed by atoms with E-state index in [1.807, 2.05) is 48.5 Å². The molecule has 5 nitrogen and oxygen atoms in total. The van der Waals surface area contributed by atoms with Crippen molar-refractivity contribution in [3.8, 4) is 28.4 Å². The molecule has 0 bridgehead atoms. The summed E-state index contributed by atoms with van der Waals surface area (Å²) in [6.45, 7) is 0. The number of rotatable bonds is 3. The zero-order chi connectivity index (χ0) is 14.7. The van der Waals surface area contributed by atoms with Crippen LogP contribution in [-0.4, -0.2) is 22.3 Å². The molecule has 2 aromatic carbocycles. The van der Waals surface area contributed by atoms with Crippen molar-refractivity contribution >= 4 is 5.69 Å². The molecule has 0 unspecified atom stereocenters. The molecule has 21 heavy (non-hydrogen) atoms. The minimum Gasteiger partial charge on any atom is -0.497 e. The quantitative estimate of drug-likeness (QED) is 0.746. The zero-order valence-corrected chi connectivity index (χ0v) is 11.5. The van der Waals surface area contributed by atoms with Crippen molar-refractivity contribution in [2.75, 3.05) is 12.8 Å². The third-order valence-electron chi connectivity index (χ3n) is 3.09. The second-order valence-electron chi connectivity index (χ2n) is 4.52. The molecule has 3 rings (SSSR count). The highest BCUT2D eigenvalue weighted by molar-refractivity contribution is 5.64. The van der Waals surface area contributed by atoms with E-state index in [4.69, 9.17) is 10.5 Å². The summed E-state index contributed by atoms with van der Waals surface area (Å²) in [5.74, 6) is 1.37. The summed E-state index contributed by atoms with van der Waals surface area (Å²) < 4.78 is 5.12. The van der Waals surface area contributed by atoms with Gasteiger partial charge in [-0.15, -0.1) is 10.2 Å². The molecule has 1 heterocycles. The molecule has 104 valence electrons. The number of hydrogen-bond acceptors (Lipinski definition) is 5. The molecule has 0 saturated heterocycles. The molecular weight excluding hydrogens is 264 g/mol. The lowest BCUT2D eigenvalue weighted by molar-refractivity contribution is 0.415. The molecule has 5 heteroatoms. The van der Waals surface area contributed by atoms with Crippen molar-refractivity contribution in [3.63, 3.8) is 0 Å². The second kappa shape index (κ2) is 5.58. The van der Waals surface area contributed by atoms with Crippen LogP contribution in [-0.2, 0) is 0 Å². The Balaban J connectivity index is 1.89. The first-order chi connectivity index (χ1) is 10.3. The van der Waals surface area contributed by atoms with Gasteiger partial charge in [0.25, 0.3) is 0 Å². The molecule has 1 aromatic heterocycles. The molecule has 0 amide bonds. The minimum absolute atomic E-state index is 0.574. The average Bonchev–Trinajstić information content (AvgIpc) is 2.55. The number of ether oxygens (including phenoxy) is 1. The van der Waals surface area contributed by atoms with Crippen LogP contribution < -0.4 is 10.5 Å². The van der Waals surface area contributed by atoms with Gasteiger partial charge in [-0.25, -0.2) is 4.98 Å². The third-order valence-corrected chi connectivity index (χ3v) is 3.09. The molecule has 2 N–H and O–H groups in total. The fourth-order valence-electron chi connectivity index (χ4n) is 1.98. The Labute approximate surface area is 122 Å². The molecule has 0 aliphatic heterocycles. The average molecular weight is 278 g/mol. The van der Waals surface area contributed by atoms with Crippen molar-refractivity contribution in [3.05, 3.63) is 54.7 Å². The summed E-state index contributed by atoms with van der Waals surface area (Å²) in [6.07, 6.45) is 1.70. The monoisotopic (exact) mass is 278 g/mol. The van der Waals surface area contributed by atoms with E-state index < -0.39 is 0 Å². The molecule has 0 saturated carbocycles. The van der Waals surface area contributed by atoms with Crippen molar-refractivity contribution in [2.45, 2.75) is 0 Å². The zero-order valence-electron chi connectivity index (χ0n) is 11.5. The van der Waals surface area contributed by atoms with Gasteiger partial charge in [0, 0.05) is 16.8 Å². The Hall–Kier alpha value is -2.95. The van der Waals surface area contributed by atoms with Gasteiger partial charge in [0.1, 0.15) is 11.4 Å². The van der Waals surface area contributed by atoms with E-state index in [0.29, 0.717) is 17.2 Å². The number of hydrogen-bond donors (Lipinski definition) is 1. The maximum Gasteiger partial charge on any atom is 0.181 e. The molecule has 0 fully saturated rings. The lowest BCUT2D eigenvalue weighted by atomic mass is 10.1. The summed E-state index contributed by atoms with van der Waals surface area (Å²) in [5.41, 5.74) is 8.94. The van der Waals surface area contributed by atoms with E-state index in [0.717, 1.165) is 16.9 Å². The Morgan fingerprint density at radius 2 is 1.76 bits per heavy atom. The maximum atomic E-state index is 5.76. The molecule has 0 atom stereocenters. The van der Waals surface area contributed by atoms with E-state index >= 15 is 0 Å². The van der Waals surface area contributed by atoms with Crippen molar-refractivity contribution in [1.82, 2.24) is 15.2 Å². The molecule has 0 aliphatic rings. The number of benzene rings is 2. The van der Waals surface area contributed by atoms with Gasteiger partial charge < -0.3 is 10.5 Å². The summed E-state index contributed by atoms with van der Waals surface area (Å²) in [4.78, 5) is 4.36. The second-order valence-corrected chi connectivity index (χ2v) is 4.52. The first kappa shape index (κ1) is 13.1. The predicted molar refractivity (Wildman–Crippen MR) is 81.7 cm³/mol. The van der Waals surface area contributed by atoms with Crippen LogP contribution in [0.15, 0.2) is 54.7 Å². The van der Waals surface area contributed by atoms with Crippen LogP contribution in [0.2, 0.25) is 0 Å². The summed E-state index contributed by atoms with van der Waals surface area (Å²) in [7, 11) is 1.63. The van der Waals surface area contributed by atoms with Gasteiger partial charge in [0.05, 0.1) is 13.3 Å². The van der Waals surface area contributed by atoms with Crippen LogP contribution in [0.3, 0.4) is 0 Å². The largest absolute Gasteiger partial charge is 0.497 e. The van der Waals surface area contributed by atoms with Crippen LogP contribution in [0, 0.1) is 0 Å². The minimum atomic E-state index is 0.574. The SMILES string of the molecule is COc1ccc(-c2ncc(-c3cccc(N)c3)nn2)cc1. The molecule has 3 aromatic rings. The predicted octanol–water partition coefficient (Wildman–Crippen LogP) is 2.80. The van der Waals surface area contributed by atoms with Crippen LogP contribution in [0.4, 0.5) is 5.69 Å². The van der Waals surface area contributed by atoms with Gasteiger partial charge in [-0.05, 0) is 36.4 Å². The van der Waals surface area contributed by atoms with Gasteiger partial charge in [-0.2, -0.15) is 0 Å². The summed E-state index contributed by atoms with van der Waals surface area (Å²) in [5, 5.41) is 8.38. The molecular formula is C16H14N4O. The lowest BCUT2D eigenvalue weighted by Gasteiger charge is -2.04.